The third-order valence-electron chi connectivity index (χ3n) is 2.64. The minimum absolute atomic E-state index is 0.0443. The van der Waals surface area contributed by atoms with Gasteiger partial charge >= 0.3 is 0 Å². The van der Waals surface area contributed by atoms with Crippen LogP contribution in [-0.4, -0.2) is 36.4 Å². The molecule has 0 aliphatic carbocycles. The first-order valence-corrected chi connectivity index (χ1v) is 6.38. The van der Waals surface area contributed by atoms with Crippen LogP contribution in [-0.2, 0) is 6.54 Å². The summed E-state index contributed by atoms with van der Waals surface area (Å²) in [6.07, 6.45) is 0. The first kappa shape index (κ1) is 14.6. The quantitative estimate of drug-likeness (QED) is 0.868. The predicted molar refractivity (Wildman–Crippen MR) is 73.7 cm³/mol. The molecule has 0 aliphatic rings. The van der Waals surface area contributed by atoms with E-state index in [1.165, 1.54) is 0 Å². The van der Waals surface area contributed by atoms with Crippen LogP contribution in [0.25, 0.3) is 0 Å². The number of amides is 1. The summed E-state index contributed by atoms with van der Waals surface area (Å²) < 4.78 is 0. The van der Waals surface area contributed by atoms with Crippen molar-refractivity contribution in [3.8, 4) is 0 Å². The molecule has 0 atom stereocenters. The Morgan fingerprint density at radius 1 is 1.39 bits per heavy atom. The molecule has 0 unspecified atom stereocenters. The summed E-state index contributed by atoms with van der Waals surface area (Å²) in [6.45, 7) is 7.43. The van der Waals surface area contributed by atoms with E-state index in [1.807, 2.05) is 38.1 Å². The molecular weight excluding hydrogens is 226 g/mol. The lowest BCUT2D eigenvalue weighted by Gasteiger charge is -2.15. The molecule has 0 aliphatic heterocycles. The fourth-order valence-electron chi connectivity index (χ4n) is 1.72. The standard InChI is InChI=1S/C14H23N3O/c1-6-15-14(18)11-7-8-12(10(2)3)16-13(11)9-17(4)5/h7-8,10H,6,9H2,1-5H3,(H,15,18). The molecule has 0 saturated carbocycles. The van der Waals surface area contributed by atoms with E-state index in [4.69, 9.17) is 0 Å². The fraction of sp³-hybridized carbons (Fsp3) is 0.571. The van der Waals surface area contributed by atoms with Crippen molar-refractivity contribution in [2.45, 2.75) is 33.2 Å². The molecule has 0 saturated heterocycles. The van der Waals surface area contributed by atoms with E-state index in [0.29, 0.717) is 24.6 Å². The normalized spacial score (nSPS) is 11.1. The lowest BCUT2D eigenvalue weighted by Crippen LogP contribution is -2.26. The van der Waals surface area contributed by atoms with E-state index < -0.39 is 0 Å². The lowest BCUT2D eigenvalue weighted by molar-refractivity contribution is 0.0953. The van der Waals surface area contributed by atoms with Crippen LogP contribution in [0.15, 0.2) is 12.1 Å². The van der Waals surface area contributed by atoms with Crippen LogP contribution >= 0.6 is 0 Å². The van der Waals surface area contributed by atoms with Crippen molar-refractivity contribution in [3.63, 3.8) is 0 Å². The van der Waals surface area contributed by atoms with Gasteiger partial charge in [-0.1, -0.05) is 13.8 Å². The third kappa shape index (κ3) is 3.81. The van der Waals surface area contributed by atoms with Crippen molar-refractivity contribution in [1.29, 1.82) is 0 Å². The number of carbonyl (C=O) groups excluding carboxylic acids is 1. The van der Waals surface area contributed by atoms with E-state index >= 15 is 0 Å². The summed E-state index contributed by atoms with van der Waals surface area (Å²) in [5.41, 5.74) is 2.55. The largest absolute Gasteiger partial charge is 0.352 e. The fourth-order valence-corrected chi connectivity index (χ4v) is 1.72. The lowest BCUT2D eigenvalue weighted by atomic mass is 10.1. The molecule has 4 nitrogen and oxygen atoms in total. The Morgan fingerprint density at radius 3 is 2.56 bits per heavy atom. The van der Waals surface area contributed by atoms with Gasteiger partial charge in [0.15, 0.2) is 0 Å². The van der Waals surface area contributed by atoms with Crippen LogP contribution in [0.5, 0.6) is 0 Å². The Morgan fingerprint density at radius 2 is 2.06 bits per heavy atom. The average Bonchev–Trinajstić information content (AvgIpc) is 2.28. The second-order valence-electron chi connectivity index (χ2n) is 4.98. The molecule has 0 bridgehead atoms. The number of rotatable bonds is 5. The minimum Gasteiger partial charge on any atom is -0.352 e. The van der Waals surface area contributed by atoms with E-state index in [2.05, 4.69) is 24.1 Å². The maximum absolute atomic E-state index is 12.0. The molecule has 1 heterocycles. The van der Waals surface area contributed by atoms with Crippen LogP contribution in [0.3, 0.4) is 0 Å². The van der Waals surface area contributed by atoms with Crippen LogP contribution in [0.1, 0.15) is 48.4 Å². The Kier molecular flexibility index (Phi) is 5.28. The molecule has 1 aromatic heterocycles. The van der Waals surface area contributed by atoms with Crippen molar-refractivity contribution >= 4 is 5.91 Å². The van der Waals surface area contributed by atoms with Crippen molar-refractivity contribution in [3.05, 3.63) is 29.1 Å². The Hall–Kier alpha value is -1.42. The van der Waals surface area contributed by atoms with Gasteiger partial charge < -0.3 is 10.2 Å². The maximum Gasteiger partial charge on any atom is 0.253 e. The zero-order valence-corrected chi connectivity index (χ0v) is 11.9. The number of nitrogens with one attached hydrogen (secondary N) is 1. The first-order chi connectivity index (χ1) is 8.45. The van der Waals surface area contributed by atoms with Gasteiger partial charge in [0.25, 0.3) is 5.91 Å². The zero-order chi connectivity index (χ0) is 13.7. The van der Waals surface area contributed by atoms with Gasteiger partial charge in [0, 0.05) is 18.8 Å². The molecule has 18 heavy (non-hydrogen) atoms. The summed E-state index contributed by atoms with van der Waals surface area (Å²) in [5.74, 6) is 0.325. The Bertz CT molecular complexity index is 414. The summed E-state index contributed by atoms with van der Waals surface area (Å²) in [6, 6.07) is 3.82. The highest BCUT2D eigenvalue weighted by Gasteiger charge is 2.14. The average molecular weight is 249 g/mol. The van der Waals surface area contributed by atoms with E-state index in [0.717, 1.165) is 11.4 Å². The minimum atomic E-state index is -0.0443. The van der Waals surface area contributed by atoms with Crippen LogP contribution in [0, 0.1) is 0 Å². The maximum atomic E-state index is 12.0. The zero-order valence-electron chi connectivity index (χ0n) is 11.9. The summed E-state index contributed by atoms with van der Waals surface area (Å²) in [4.78, 5) is 18.6. The highest BCUT2D eigenvalue weighted by molar-refractivity contribution is 5.95. The van der Waals surface area contributed by atoms with Crippen molar-refractivity contribution < 1.29 is 4.79 Å². The second kappa shape index (κ2) is 6.50. The molecular formula is C14H23N3O. The van der Waals surface area contributed by atoms with Gasteiger partial charge in [-0.15, -0.1) is 0 Å². The molecule has 1 N–H and O–H groups in total. The SMILES string of the molecule is CCNC(=O)c1ccc(C(C)C)nc1CN(C)C. The summed E-state index contributed by atoms with van der Waals surface area (Å²) in [7, 11) is 3.95. The molecule has 100 valence electrons. The number of hydrogen-bond acceptors (Lipinski definition) is 3. The topological polar surface area (TPSA) is 45.2 Å². The van der Waals surface area contributed by atoms with Crippen molar-refractivity contribution in [2.75, 3.05) is 20.6 Å². The molecule has 0 radical (unpaired) electrons. The number of pyridine rings is 1. The van der Waals surface area contributed by atoms with Gasteiger partial charge in [-0.25, -0.2) is 0 Å². The highest BCUT2D eigenvalue weighted by Crippen LogP contribution is 2.16. The number of carbonyl (C=O) groups is 1. The van der Waals surface area contributed by atoms with Crippen LogP contribution in [0.2, 0.25) is 0 Å². The smallest absolute Gasteiger partial charge is 0.253 e. The van der Waals surface area contributed by atoms with Gasteiger partial charge in [-0.2, -0.15) is 0 Å². The van der Waals surface area contributed by atoms with Gasteiger partial charge in [-0.05, 0) is 39.1 Å². The number of aromatic nitrogens is 1. The molecule has 1 rings (SSSR count). The predicted octanol–water partition coefficient (Wildman–Crippen LogP) is 2.02. The van der Waals surface area contributed by atoms with Crippen LogP contribution < -0.4 is 5.32 Å². The van der Waals surface area contributed by atoms with Gasteiger partial charge in [0.05, 0.1) is 11.3 Å². The highest BCUT2D eigenvalue weighted by atomic mass is 16.1. The van der Waals surface area contributed by atoms with Gasteiger partial charge in [0.2, 0.25) is 0 Å². The van der Waals surface area contributed by atoms with Crippen LogP contribution in [0.4, 0.5) is 0 Å². The molecule has 0 fully saturated rings. The van der Waals surface area contributed by atoms with E-state index in [-0.39, 0.29) is 5.91 Å². The Labute approximate surface area is 109 Å². The van der Waals surface area contributed by atoms with Gasteiger partial charge in [0.1, 0.15) is 0 Å². The van der Waals surface area contributed by atoms with E-state index in [9.17, 15) is 4.79 Å². The van der Waals surface area contributed by atoms with Crippen molar-refractivity contribution in [2.24, 2.45) is 0 Å². The molecule has 0 aromatic carbocycles. The second-order valence-corrected chi connectivity index (χ2v) is 4.98. The third-order valence-corrected chi connectivity index (χ3v) is 2.64. The van der Waals surface area contributed by atoms with E-state index in [1.54, 1.807) is 0 Å². The molecule has 1 amide bonds. The van der Waals surface area contributed by atoms with Crippen molar-refractivity contribution in [1.82, 2.24) is 15.2 Å². The molecule has 1 aromatic rings. The number of nitrogens with zero attached hydrogens (tertiary/aromatic N) is 2. The Balaban J connectivity index is 3.12. The molecule has 4 heteroatoms. The number of hydrogen-bond donors (Lipinski definition) is 1. The monoisotopic (exact) mass is 249 g/mol. The summed E-state index contributed by atoms with van der Waals surface area (Å²) >= 11 is 0. The summed E-state index contributed by atoms with van der Waals surface area (Å²) in [5, 5.41) is 2.83. The molecule has 0 spiro atoms. The first-order valence-electron chi connectivity index (χ1n) is 6.38. The van der Waals surface area contributed by atoms with Gasteiger partial charge in [-0.3, -0.25) is 9.78 Å².